The monoisotopic (exact) mass is 478 g/mol. The Morgan fingerprint density at radius 1 is 0.971 bits per heavy atom. The lowest BCUT2D eigenvalue weighted by Crippen LogP contribution is -2.31. The Bertz CT molecular complexity index is 1240. The van der Waals surface area contributed by atoms with Gasteiger partial charge in [0, 0.05) is 29.7 Å². The predicted octanol–water partition coefficient (Wildman–Crippen LogP) is 4.14. The molecule has 3 aliphatic rings. The molecule has 0 unspecified atom stereocenters. The molecule has 1 aliphatic carbocycles. The lowest BCUT2D eigenvalue weighted by Gasteiger charge is -2.18. The van der Waals surface area contributed by atoms with E-state index in [-0.39, 0.29) is 48.3 Å². The summed E-state index contributed by atoms with van der Waals surface area (Å²) in [4.78, 5) is 54.0. The number of carbonyl (C=O) groups excluding carboxylic acids is 4. The van der Waals surface area contributed by atoms with Gasteiger partial charge in [-0.15, -0.1) is 0 Å². The minimum atomic E-state index is -0.637. The number of benzene rings is 2. The summed E-state index contributed by atoms with van der Waals surface area (Å²) in [5.74, 6) is -2.26. The van der Waals surface area contributed by atoms with Crippen molar-refractivity contribution in [2.45, 2.75) is 26.2 Å². The first-order chi connectivity index (χ1) is 16.3. The molecule has 8 heteroatoms. The average molecular weight is 479 g/mol. The number of carbonyl (C=O) groups is 4. The molecule has 5 rings (SSSR count). The molecule has 2 aromatic rings. The van der Waals surface area contributed by atoms with Gasteiger partial charge in [-0.05, 0) is 50.1 Å². The molecule has 174 valence electrons. The summed E-state index contributed by atoms with van der Waals surface area (Å²) >= 11 is 6.03. The summed E-state index contributed by atoms with van der Waals surface area (Å²) < 4.78 is 5.56. The number of nitrogens with zero attached hydrogens (tertiary/aromatic N) is 2. The number of rotatable bonds is 4. The number of hydrogen-bond acceptors (Lipinski definition) is 5. The third kappa shape index (κ3) is 4.01. The maximum Gasteiger partial charge on any atom is 0.316 e. The van der Waals surface area contributed by atoms with E-state index in [9.17, 15) is 19.2 Å². The van der Waals surface area contributed by atoms with Gasteiger partial charge in [0.15, 0.2) is 0 Å². The van der Waals surface area contributed by atoms with Gasteiger partial charge in [-0.1, -0.05) is 35.4 Å². The highest BCUT2D eigenvalue weighted by Gasteiger charge is 2.48. The van der Waals surface area contributed by atoms with Gasteiger partial charge < -0.3 is 9.64 Å². The number of fused-ring (bicyclic) bond motifs is 1. The minimum Gasteiger partial charge on any atom is -0.426 e. The van der Waals surface area contributed by atoms with Crippen molar-refractivity contribution in [3.05, 3.63) is 65.2 Å². The van der Waals surface area contributed by atoms with Crippen LogP contribution in [0.4, 0.5) is 11.4 Å². The van der Waals surface area contributed by atoms with Crippen LogP contribution in [0.2, 0.25) is 5.02 Å². The van der Waals surface area contributed by atoms with Crippen molar-refractivity contribution >= 4 is 46.7 Å². The zero-order valence-electron chi connectivity index (χ0n) is 18.6. The van der Waals surface area contributed by atoms with E-state index in [4.69, 9.17) is 16.3 Å². The Balaban J connectivity index is 1.29. The van der Waals surface area contributed by atoms with Crippen molar-refractivity contribution < 1.29 is 23.9 Å². The molecular formula is C26H23ClN2O5. The highest BCUT2D eigenvalue weighted by atomic mass is 35.5. The second-order valence-electron chi connectivity index (χ2n) is 9.02. The van der Waals surface area contributed by atoms with E-state index in [1.807, 2.05) is 13.0 Å². The number of hydrogen-bond donors (Lipinski definition) is 0. The van der Waals surface area contributed by atoms with Gasteiger partial charge in [0.25, 0.3) is 0 Å². The zero-order chi connectivity index (χ0) is 24.0. The summed E-state index contributed by atoms with van der Waals surface area (Å²) in [5.41, 5.74) is 2.13. The van der Waals surface area contributed by atoms with Crippen molar-refractivity contribution in [3.8, 4) is 5.75 Å². The Morgan fingerprint density at radius 2 is 1.71 bits per heavy atom. The number of amides is 3. The number of esters is 1. The number of halogens is 1. The van der Waals surface area contributed by atoms with E-state index in [0.29, 0.717) is 29.2 Å². The fraction of sp³-hybridized carbons (Fsp3) is 0.308. The smallest absolute Gasteiger partial charge is 0.316 e. The standard InChI is InChI=1S/C26H23ClN2O5/c1-15-8-9-21-22(10-15)25(32)29(24(21)31)19-6-3-7-20(13-19)34-26(33)16-11-23(30)28(14-16)18-5-2-4-17(27)12-18/h2-8,12-13,16,21-22H,9-11,14H2,1H3/t16-,21+,22-/m1/s1. The van der Waals surface area contributed by atoms with Crippen LogP contribution in [-0.4, -0.2) is 30.2 Å². The maximum absolute atomic E-state index is 13.0. The lowest BCUT2D eigenvalue weighted by atomic mass is 9.82. The Morgan fingerprint density at radius 3 is 2.50 bits per heavy atom. The van der Waals surface area contributed by atoms with Crippen molar-refractivity contribution in [1.82, 2.24) is 0 Å². The van der Waals surface area contributed by atoms with Gasteiger partial charge in [-0.2, -0.15) is 0 Å². The maximum atomic E-state index is 13.0. The molecular weight excluding hydrogens is 456 g/mol. The van der Waals surface area contributed by atoms with Crippen molar-refractivity contribution in [2.24, 2.45) is 17.8 Å². The van der Waals surface area contributed by atoms with Gasteiger partial charge in [-0.3, -0.25) is 19.2 Å². The van der Waals surface area contributed by atoms with Crippen molar-refractivity contribution in [2.75, 3.05) is 16.3 Å². The first-order valence-electron chi connectivity index (χ1n) is 11.2. The van der Waals surface area contributed by atoms with E-state index in [1.54, 1.807) is 42.5 Å². The summed E-state index contributed by atoms with van der Waals surface area (Å²) in [6.45, 7) is 2.16. The average Bonchev–Trinajstić information content (AvgIpc) is 3.31. The normalized spacial score (nSPS) is 24.4. The van der Waals surface area contributed by atoms with Crippen LogP contribution in [0.15, 0.2) is 60.2 Å². The Labute approximate surface area is 201 Å². The van der Waals surface area contributed by atoms with E-state index in [1.165, 1.54) is 15.9 Å². The minimum absolute atomic E-state index is 0.0316. The van der Waals surface area contributed by atoms with E-state index < -0.39 is 11.9 Å². The van der Waals surface area contributed by atoms with E-state index >= 15 is 0 Å². The molecule has 2 saturated heterocycles. The molecule has 2 aliphatic heterocycles. The quantitative estimate of drug-likeness (QED) is 0.285. The molecule has 3 atom stereocenters. The molecule has 3 amide bonds. The molecule has 2 aromatic carbocycles. The second kappa shape index (κ2) is 8.72. The lowest BCUT2D eigenvalue weighted by molar-refractivity contribution is -0.139. The van der Waals surface area contributed by atoms with Gasteiger partial charge >= 0.3 is 5.97 Å². The number of anilines is 2. The summed E-state index contributed by atoms with van der Waals surface area (Å²) in [7, 11) is 0. The summed E-state index contributed by atoms with van der Waals surface area (Å²) in [6, 6.07) is 13.3. The molecule has 7 nitrogen and oxygen atoms in total. The predicted molar refractivity (Wildman–Crippen MR) is 126 cm³/mol. The number of imide groups is 1. The van der Waals surface area contributed by atoms with E-state index in [0.717, 1.165) is 5.57 Å². The molecule has 0 aromatic heterocycles. The topological polar surface area (TPSA) is 84.0 Å². The van der Waals surface area contributed by atoms with Gasteiger partial charge in [-0.25, -0.2) is 4.90 Å². The third-order valence-electron chi connectivity index (χ3n) is 6.70. The van der Waals surface area contributed by atoms with E-state index in [2.05, 4.69) is 0 Å². The highest BCUT2D eigenvalue weighted by molar-refractivity contribution is 6.31. The Hall–Kier alpha value is -3.45. The van der Waals surface area contributed by atoms with Crippen LogP contribution in [0.3, 0.4) is 0 Å². The second-order valence-corrected chi connectivity index (χ2v) is 9.46. The molecule has 2 heterocycles. The van der Waals surface area contributed by atoms with Crippen LogP contribution in [0.1, 0.15) is 26.2 Å². The molecule has 0 saturated carbocycles. The number of allylic oxidation sites excluding steroid dienone is 2. The van der Waals surface area contributed by atoms with Gasteiger partial charge in [0.1, 0.15) is 5.75 Å². The Kier molecular flexibility index (Phi) is 5.73. The first kappa shape index (κ1) is 22.3. The molecule has 0 radical (unpaired) electrons. The molecule has 0 spiro atoms. The molecule has 2 fully saturated rings. The fourth-order valence-electron chi connectivity index (χ4n) is 4.94. The SMILES string of the molecule is CC1=CC[C@@H]2C(=O)N(c3cccc(OC(=O)[C@@H]4CC(=O)N(c5cccc(Cl)c5)C4)c3)C(=O)[C@@H]2C1. The van der Waals surface area contributed by atoms with Crippen LogP contribution in [0, 0.1) is 17.8 Å². The molecule has 0 N–H and O–H groups in total. The van der Waals surface area contributed by atoms with Crippen LogP contribution in [0.5, 0.6) is 5.75 Å². The third-order valence-corrected chi connectivity index (χ3v) is 6.93. The van der Waals surface area contributed by atoms with Crippen LogP contribution in [0.25, 0.3) is 0 Å². The molecule has 34 heavy (non-hydrogen) atoms. The summed E-state index contributed by atoms with van der Waals surface area (Å²) in [6.07, 6.45) is 3.19. The number of ether oxygens (including phenoxy) is 1. The largest absolute Gasteiger partial charge is 0.426 e. The van der Waals surface area contributed by atoms with Gasteiger partial charge in [0.05, 0.1) is 23.4 Å². The van der Waals surface area contributed by atoms with Crippen LogP contribution < -0.4 is 14.5 Å². The first-order valence-corrected chi connectivity index (χ1v) is 11.6. The van der Waals surface area contributed by atoms with Crippen LogP contribution in [-0.2, 0) is 19.2 Å². The van der Waals surface area contributed by atoms with Crippen molar-refractivity contribution in [3.63, 3.8) is 0 Å². The molecule has 0 bridgehead atoms. The highest BCUT2D eigenvalue weighted by Crippen LogP contribution is 2.40. The van der Waals surface area contributed by atoms with Crippen molar-refractivity contribution in [1.29, 1.82) is 0 Å². The fourth-order valence-corrected chi connectivity index (χ4v) is 5.12. The zero-order valence-corrected chi connectivity index (χ0v) is 19.3. The summed E-state index contributed by atoms with van der Waals surface area (Å²) in [5, 5.41) is 0.505. The van der Waals surface area contributed by atoms with Gasteiger partial charge in [0.2, 0.25) is 17.7 Å². The van der Waals surface area contributed by atoms with Crippen LogP contribution >= 0.6 is 11.6 Å².